The van der Waals surface area contributed by atoms with E-state index in [4.69, 9.17) is 15.8 Å². The van der Waals surface area contributed by atoms with Gasteiger partial charge >= 0.3 is 0 Å². The third kappa shape index (κ3) is 3.64. The highest BCUT2D eigenvalue weighted by Crippen LogP contribution is 2.20. The summed E-state index contributed by atoms with van der Waals surface area (Å²) in [5.74, 6) is -3.10. The van der Waals surface area contributed by atoms with Gasteiger partial charge in [0.25, 0.3) is 0 Å². The van der Waals surface area contributed by atoms with Crippen LogP contribution in [0.25, 0.3) is 0 Å². The van der Waals surface area contributed by atoms with E-state index in [1.54, 1.807) is 0 Å². The van der Waals surface area contributed by atoms with Crippen molar-refractivity contribution in [2.75, 3.05) is 5.75 Å². The molecular weight excluding hydrogens is 250 g/mol. The summed E-state index contributed by atoms with van der Waals surface area (Å²) in [4.78, 5) is 0. The number of phenols is 1. The lowest BCUT2D eigenvalue weighted by Crippen LogP contribution is -2.05. The Hall–Kier alpha value is -0.880. The minimum Gasteiger partial charge on any atom is -0.508 e. The first-order valence-electron chi connectivity index (χ1n) is 3.89. The maximum absolute atomic E-state index is 13.0. The fourth-order valence-electron chi connectivity index (χ4n) is 1.05. The van der Waals surface area contributed by atoms with Crippen LogP contribution in [-0.2, 0) is 15.5 Å². The van der Waals surface area contributed by atoms with E-state index in [1.807, 2.05) is 0 Å². The van der Waals surface area contributed by atoms with E-state index in [0.29, 0.717) is 12.1 Å². The molecule has 0 aliphatic carbocycles. The molecule has 7 heteroatoms. The molecular formula is C8H7ClF2O3S. The summed E-state index contributed by atoms with van der Waals surface area (Å²) in [5, 5.41) is 8.82. The largest absolute Gasteiger partial charge is 0.508 e. The minimum atomic E-state index is -3.79. The number of phenolic OH excluding ortho intramolecular Hbond substituents is 1. The molecule has 0 spiro atoms. The summed E-state index contributed by atoms with van der Waals surface area (Å²) in [6.45, 7) is 0. The predicted molar refractivity (Wildman–Crippen MR) is 51.4 cm³/mol. The maximum Gasteiger partial charge on any atom is 0.232 e. The molecule has 0 saturated carbocycles. The normalized spacial score (nSPS) is 11.7. The Morgan fingerprint density at radius 3 is 2.13 bits per heavy atom. The molecule has 0 bridgehead atoms. The van der Waals surface area contributed by atoms with Gasteiger partial charge in [-0.2, -0.15) is 0 Å². The zero-order chi connectivity index (χ0) is 11.6. The van der Waals surface area contributed by atoms with E-state index >= 15 is 0 Å². The molecule has 0 fully saturated rings. The van der Waals surface area contributed by atoms with Crippen molar-refractivity contribution in [3.05, 3.63) is 29.3 Å². The van der Waals surface area contributed by atoms with Gasteiger partial charge in [-0.25, -0.2) is 17.2 Å². The lowest BCUT2D eigenvalue weighted by atomic mass is 10.1. The molecule has 0 heterocycles. The SMILES string of the molecule is O=S(=O)(Cl)CCc1c(F)cc(O)cc1F. The van der Waals surface area contributed by atoms with Crippen LogP contribution in [0.5, 0.6) is 5.75 Å². The number of rotatable bonds is 3. The van der Waals surface area contributed by atoms with Gasteiger partial charge in [-0.3, -0.25) is 0 Å². The van der Waals surface area contributed by atoms with Crippen LogP contribution in [-0.4, -0.2) is 19.3 Å². The molecule has 1 aromatic rings. The molecule has 15 heavy (non-hydrogen) atoms. The van der Waals surface area contributed by atoms with Crippen LogP contribution in [0.3, 0.4) is 0 Å². The van der Waals surface area contributed by atoms with Crippen LogP contribution in [0.1, 0.15) is 5.56 Å². The van der Waals surface area contributed by atoms with Crippen molar-refractivity contribution in [3.8, 4) is 5.75 Å². The number of aromatic hydroxyl groups is 1. The van der Waals surface area contributed by atoms with Crippen LogP contribution >= 0.6 is 10.7 Å². The molecule has 0 amide bonds. The van der Waals surface area contributed by atoms with E-state index in [1.165, 1.54) is 0 Å². The molecule has 0 unspecified atom stereocenters. The van der Waals surface area contributed by atoms with Crippen molar-refractivity contribution < 1.29 is 22.3 Å². The lowest BCUT2D eigenvalue weighted by Gasteiger charge is -2.04. The van der Waals surface area contributed by atoms with Gasteiger partial charge in [-0.05, 0) is 6.42 Å². The fourth-order valence-corrected chi connectivity index (χ4v) is 1.73. The lowest BCUT2D eigenvalue weighted by molar-refractivity contribution is 0.457. The van der Waals surface area contributed by atoms with Crippen molar-refractivity contribution in [2.45, 2.75) is 6.42 Å². The first-order chi connectivity index (χ1) is 6.79. The summed E-state index contributed by atoms with van der Waals surface area (Å²) in [5.41, 5.74) is -0.406. The molecule has 0 aliphatic rings. The average Bonchev–Trinajstić information content (AvgIpc) is 1.99. The van der Waals surface area contributed by atoms with E-state index < -0.39 is 37.8 Å². The highest BCUT2D eigenvalue weighted by Gasteiger charge is 2.14. The molecule has 0 radical (unpaired) electrons. The van der Waals surface area contributed by atoms with Gasteiger partial charge in [-0.15, -0.1) is 0 Å². The van der Waals surface area contributed by atoms with Gasteiger partial charge in [-0.1, -0.05) is 0 Å². The van der Waals surface area contributed by atoms with Gasteiger partial charge < -0.3 is 5.11 Å². The monoisotopic (exact) mass is 256 g/mol. The van der Waals surface area contributed by atoms with Crippen molar-refractivity contribution >= 4 is 19.7 Å². The predicted octanol–water partition coefficient (Wildman–Crippen LogP) is 1.78. The standard InChI is InChI=1S/C8H7ClF2O3S/c9-15(13,14)2-1-6-7(10)3-5(12)4-8(6)11/h3-4,12H,1-2H2. The summed E-state index contributed by atoms with van der Waals surface area (Å²) in [7, 11) is 1.11. The summed E-state index contributed by atoms with van der Waals surface area (Å²) < 4.78 is 47.2. The Balaban J connectivity index is 2.96. The van der Waals surface area contributed by atoms with E-state index in [-0.39, 0.29) is 6.42 Å². The molecule has 1 rings (SSSR count). The van der Waals surface area contributed by atoms with Crippen molar-refractivity contribution in [2.24, 2.45) is 0 Å². The molecule has 1 aromatic carbocycles. The van der Waals surface area contributed by atoms with Crippen LogP contribution in [0, 0.1) is 11.6 Å². The Morgan fingerprint density at radius 2 is 1.73 bits per heavy atom. The zero-order valence-electron chi connectivity index (χ0n) is 7.37. The maximum atomic E-state index is 13.0. The molecule has 0 saturated heterocycles. The summed E-state index contributed by atoms with van der Waals surface area (Å²) >= 11 is 0. The first-order valence-corrected chi connectivity index (χ1v) is 6.36. The minimum absolute atomic E-state index is 0.371. The molecule has 3 nitrogen and oxygen atoms in total. The highest BCUT2D eigenvalue weighted by atomic mass is 35.7. The second-order valence-electron chi connectivity index (χ2n) is 2.88. The number of hydrogen-bond donors (Lipinski definition) is 1. The molecule has 1 N–H and O–H groups in total. The van der Waals surface area contributed by atoms with Crippen LogP contribution < -0.4 is 0 Å². The number of halogens is 3. The van der Waals surface area contributed by atoms with Crippen molar-refractivity contribution in [1.29, 1.82) is 0 Å². The Morgan fingerprint density at radius 1 is 1.27 bits per heavy atom. The summed E-state index contributed by atoms with van der Waals surface area (Å²) in [6.07, 6.45) is -0.371. The Bertz CT molecular complexity index is 450. The Kier molecular flexibility index (Phi) is 3.51. The number of hydrogen-bond acceptors (Lipinski definition) is 3. The first kappa shape index (κ1) is 12.2. The fraction of sp³-hybridized carbons (Fsp3) is 0.250. The van der Waals surface area contributed by atoms with Crippen LogP contribution in [0.15, 0.2) is 12.1 Å². The molecule has 0 aliphatic heterocycles. The second-order valence-corrected chi connectivity index (χ2v) is 5.78. The van der Waals surface area contributed by atoms with Crippen LogP contribution in [0.2, 0.25) is 0 Å². The van der Waals surface area contributed by atoms with Gasteiger partial charge in [0.05, 0.1) is 5.75 Å². The molecule has 0 atom stereocenters. The van der Waals surface area contributed by atoms with E-state index in [0.717, 1.165) is 0 Å². The Labute approximate surface area is 89.7 Å². The smallest absolute Gasteiger partial charge is 0.232 e. The highest BCUT2D eigenvalue weighted by molar-refractivity contribution is 8.13. The number of benzene rings is 1. The van der Waals surface area contributed by atoms with E-state index in [2.05, 4.69) is 0 Å². The molecule has 84 valence electrons. The molecule has 0 aromatic heterocycles. The topological polar surface area (TPSA) is 54.4 Å². The van der Waals surface area contributed by atoms with E-state index in [9.17, 15) is 17.2 Å². The third-order valence-corrected chi connectivity index (χ3v) is 2.88. The summed E-state index contributed by atoms with van der Waals surface area (Å²) in [6, 6.07) is 1.42. The average molecular weight is 257 g/mol. The zero-order valence-corrected chi connectivity index (χ0v) is 8.95. The van der Waals surface area contributed by atoms with Gasteiger partial charge in [0, 0.05) is 28.4 Å². The van der Waals surface area contributed by atoms with Crippen molar-refractivity contribution in [1.82, 2.24) is 0 Å². The van der Waals surface area contributed by atoms with Gasteiger partial charge in [0.1, 0.15) is 17.4 Å². The van der Waals surface area contributed by atoms with Crippen molar-refractivity contribution in [3.63, 3.8) is 0 Å². The second kappa shape index (κ2) is 4.32. The van der Waals surface area contributed by atoms with Crippen LogP contribution in [0.4, 0.5) is 8.78 Å². The third-order valence-electron chi connectivity index (χ3n) is 1.72. The van der Waals surface area contributed by atoms with Gasteiger partial charge in [0.2, 0.25) is 9.05 Å². The van der Waals surface area contributed by atoms with Gasteiger partial charge in [0.15, 0.2) is 0 Å². The quantitative estimate of drug-likeness (QED) is 0.839.